The molecule has 2 aromatic rings. The van der Waals surface area contributed by atoms with Crippen LogP contribution in [0.2, 0.25) is 5.02 Å². The van der Waals surface area contributed by atoms with Crippen LogP contribution in [-0.2, 0) is 11.0 Å². The number of carbonyl (C=O) groups is 1. The van der Waals surface area contributed by atoms with Gasteiger partial charge in [0, 0.05) is 24.1 Å². The molecule has 0 spiro atoms. The zero-order valence-corrected chi connectivity index (χ0v) is 13.9. The van der Waals surface area contributed by atoms with Gasteiger partial charge in [-0.3, -0.25) is 4.79 Å². The van der Waals surface area contributed by atoms with E-state index in [0.717, 1.165) is 30.1 Å². The number of anilines is 1. The molecule has 24 heavy (non-hydrogen) atoms. The summed E-state index contributed by atoms with van der Waals surface area (Å²) in [6, 6.07) is 3.73. The Hall–Kier alpha value is -1.67. The SMILES string of the molecule is O=C(CSc1nccn1C1CC1)Nc1ccc(Cl)c(C(F)(F)F)c1. The fourth-order valence-electron chi connectivity index (χ4n) is 2.19. The molecule has 0 aliphatic heterocycles. The molecule has 9 heteroatoms. The molecule has 1 amide bonds. The molecule has 0 bridgehead atoms. The predicted molar refractivity (Wildman–Crippen MR) is 86.3 cm³/mol. The second-order valence-corrected chi connectivity index (χ2v) is 6.73. The molecule has 1 aliphatic carbocycles. The summed E-state index contributed by atoms with van der Waals surface area (Å²) in [6.45, 7) is 0. The molecule has 1 aliphatic rings. The summed E-state index contributed by atoms with van der Waals surface area (Å²) in [5, 5.41) is 2.79. The zero-order valence-electron chi connectivity index (χ0n) is 12.3. The number of thioether (sulfide) groups is 1. The van der Waals surface area contributed by atoms with Crippen LogP contribution in [0.25, 0.3) is 0 Å². The van der Waals surface area contributed by atoms with Crippen LogP contribution in [0.15, 0.2) is 35.7 Å². The molecule has 0 radical (unpaired) electrons. The Kier molecular flexibility index (Phi) is 4.78. The van der Waals surface area contributed by atoms with E-state index >= 15 is 0 Å². The Morgan fingerprint density at radius 3 is 2.83 bits per heavy atom. The number of nitrogens with one attached hydrogen (secondary N) is 1. The van der Waals surface area contributed by atoms with Gasteiger partial charge in [0.15, 0.2) is 5.16 Å². The number of carbonyl (C=O) groups excluding carboxylic acids is 1. The maximum Gasteiger partial charge on any atom is 0.417 e. The number of benzene rings is 1. The Balaban J connectivity index is 1.61. The van der Waals surface area contributed by atoms with Crippen molar-refractivity contribution >= 4 is 35.0 Å². The van der Waals surface area contributed by atoms with E-state index in [4.69, 9.17) is 11.6 Å². The molecule has 1 fully saturated rings. The molecule has 1 heterocycles. The van der Waals surface area contributed by atoms with Crippen molar-refractivity contribution in [3.63, 3.8) is 0 Å². The highest BCUT2D eigenvalue weighted by atomic mass is 35.5. The van der Waals surface area contributed by atoms with Gasteiger partial charge >= 0.3 is 6.18 Å². The van der Waals surface area contributed by atoms with Crippen LogP contribution >= 0.6 is 23.4 Å². The Morgan fingerprint density at radius 1 is 1.42 bits per heavy atom. The summed E-state index contributed by atoms with van der Waals surface area (Å²) in [6.07, 6.45) is 1.17. The molecule has 0 saturated heterocycles. The number of nitrogens with zero attached hydrogens (tertiary/aromatic N) is 2. The van der Waals surface area contributed by atoms with Crippen molar-refractivity contribution in [3.05, 3.63) is 41.2 Å². The van der Waals surface area contributed by atoms with Crippen molar-refractivity contribution in [2.45, 2.75) is 30.2 Å². The largest absolute Gasteiger partial charge is 0.417 e. The summed E-state index contributed by atoms with van der Waals surface area (Å²) >= 11 is 6.81. The summed E-state index contributed by atoms with van der Waals surface area (Å²) < 4.78 is 40.5. The van der Waals surface area contributed by atoms with Crippen LogP contribution in [0.4, 0.5) is 18.9 Å². The first kappa shape index (κ1) is 17.2. The summed E-state index contributed by atoms with van der Waals surface area (Å²) in [5.41, 5.74) is -0.915. The minimum absolute atomic E-state index is 0.0582. The van der Waals surface area contributed by atoms with E-state index in [-0.39, 0.29) is 11.4 Å². The molecular weight excluding hydrogens is 363 g/mol. The molecule has 1 aromatic heterocycles. The van der Waals surface area contributed by atoms with Gasteiger partial charge in [0.2, 0.25) is 5.91 Å². The van der Waals surface area contributed by atoms with E-state index in [1.807, 2.05) is 10.8 Å². The molecule has 1 saturated carbocycles. The first-order valence-electron chi connectivity index (χ1n) is 7.17. The van der Waals surface area contributed by atoms with Crippen molar-refractivity contribution in [2.24, 2.45) is 0 Å². The number of hydrogen-bond acceptors (Lipinski definition) is 3. The van der Waals surface area contributed by atoms with E-state index in [1.54, 1.807) is 6.20 Å². The fraction of sp³-hybridized carbons (Fsp3) is 0.333. The summed E-state index contributed by atoms with van der Waals surface area (Å²) in [7, 11) is 0. The normalized spacial score (nSPS) is 14.7. The molecule has 3 rings (SSSR count). The topological polar surface area (TPSA) is 46.9 Å². The average molecular weight is 376 g/mol. The Morgan fingerprint density at radius 2 is 2.17 bits per heavy atom. The number of imidazole rings is 1. The van der Waals surface area contributed by atoms with Gasteiger partial charge in [-0.15, -0.1) is 0 Å². The number of aromatic nitrogens is 2. The standard InChI is InChI=1S/C15H13ClF3N3OS/c16-12-4-1-9(7-11(12)15(17,18)19)21-13(23)8-24-14-20-5-6-22(14)10-2-3-10/h1,4-7,10H,2-3,8H2,(H,21,23). The van der Waals surface area contributed by atoms with Crippen molar-refractivity contribution in [1.29, 1.82) is 0 Å². The Labute approximate surface area is 145 Å². The van der Waals surface area contributed by atoms with E-state index < -0.39 is 22.7 Å². The number of alkyl halides is 3. The average Bonchev–Trinajstić information content (AvgIpc) is 3.24. The number of amides is 1. The van der Waals surface area contributed by atoms with Crippen LogP contribution in [0, 0.1) is 0 Å². The highest BCUT2D eigenvalue weighted by Gasteiger charge is 2.33. The lowest BCUT2D eigenvalue weighted by Gasteiger charge is -2.12. The second kappa shape index (κ2) is 6.68. The highest BCUT2D eigenvalue weighted by molar-refractivity contribution is 7.99. The molecule has 4 nitrogen and oxygen atoms in total. The van der Waals surface area contributed by atoms with E-state index in [9.17, 15) is 18.0 Å². The van der Waals surface area contributed by atoms with Gasteiger partial charge < -0.3 is 9.88 Å². The minimum atomic E-state index is -4.57. The van der Waals surface area contributed by atoms with Crippen molar-refractivity contribution in [1.82, 2.24) is 9.55 Å². The molecule has 1 aromatic carbocycles. The highest BCUT2D eigenvalue weighted by Crippen LogP contribution is 2.38. The molecule has 1 N–H and O–H groups in total. The molecule has 0 unspecified atom stereocenters. The predicted octanol–water partition coefficient (Wildman–Crippen LogP) is 4.62. The lowest BCUT2D eigenvalue weighted by Crippen LogP contribution is -2.15. The monoisotopic (exact) mass is 375 g/mol. The molecule has 0 atom stereocenters. The lowest BCUT2D eigenvalue weighted by atomic mass is 10.2. The third-order valence-corrected chi connectivity index (χ3v) is 4.77. The minimum Gasteiger partial charge on any atom is -0.325 e. The van der Waals surface area contributed by atoms with Crippen molar-refractivity contribution < 1.29 is 18.0 Å². The van der Waals surface area contributed by atoms with Crippen LogP contribution in [0.5, 0.6) is 0 Å². The zero-order chi connectivity index (χ0) is 17.3. The van der Waals surface area contributed by atoms with Gasteiger partial charge in [0.1, 0.15) is 0 Å². The summed E-state index contributed by atoms with van der Waals surface area (Å²) in [4.78, 5) is 16.2. The van der Waals surface area contributed by atoms with Gasteiger partial charge in [-0.2, -0.15) is 13.2 Å². The van der Waals surface area contributed by atoms with Gasteiger partial charge in [-0.05, 0) is 31.0 Å². The Bertz CT molecular complexity index is 759. The van der Waals surface area contributed by atoms with Gasteiger partial charge in [0.25, 0.3) is 0 Å². The third kappa shape index (κ3) is 4.05. The maximum absolute atomic E-state index is 12.8. The number of halogens is 4. The van der Waals surface area contributed by atoms with Gasteiger partial charge in [0.05, 0.1) is 16.3 Å². The third-order valence-electron chi connectivity index (χ3n) is 3.46. The maximum atomic E-state index is 12.8. The fourth-order valence-corrected chi connectivity index (χ4v) is 3.24. The van der Waals surface area contributed by atoms with Crippen LogP contribution in [-0.4, -0.2) is 21.2 Å². The van der Waals surface area contributed by atoms with E-state index in [1.165, 1.54) is 17.8 Å². The number of hydrogen-bond donors (Lipinski definition) is 1. The quantitative estimate of drug-likeness (QED) is 0.775. The van der Waals surface area contributed by atoms with Crippen LogP contribution in [0.1, 0.15) is 24.4 Å². The van der Waals surface area contributed by atoms with Gasteiger partial charge in [-0.1, -0.05) is 23.4 Å². The second-order valence-electron chi connectivity index (χ2n) is 5.38. The van der Waals surface area contributed by atoms with E-state index in [2.05, 4.69) is 10.3 Å². The lowest BCUT2D eigenvalue weighted by molar-refractivity contribution is -0.137. The first-order chi connectivity index (χ1) is 11.3. The van der Waals surface area contributed by atoms with E-state index in [0.29, 0.717) is 6.04 Å². The van der Waals surface area contributed by atoms with Crippen molar-refractivity contribution in [2.75, 3.05) is 11.1 Å². The number of rotatable bonds is 5. The first-order valence-corrected chi connectivity index (χ1v) is 8.53. The van der Waals surface area contributed by atoms with Crippen LogP contribution in [0.3, 0.4) is 0 Å². The smallest absolute Gasteiger partial charge is 0.325 e. The molecule has 128 valence electrons. The molecular formula is C15H13ClF3N3OS. The van der Waals surface area contributed by atoms with Crippen LogP contribution < -0.4 is 5.32 Å². The van der Waals surface area contributed by atoms with Crippen molar-refractivity contribution in [3.8, 4) is 0 Å². The van der Waals surface area contributed by atoms with Gasteiger partial charge in [-0.25, -0.2) is 4.98 Å². The summed E-state index contributed by atoms with van der Waals surface area (Å²) in [5.74, 6) is -0.339.